The van der Waals surface area contributed by atoms with Crippen LogP contribution in [0.5, 0.6) is 0 Å². The van der Waals surface area contributed by atoms with Crippen LogP contribution < -0.4 is 0 Å². The lowest BCUT2D eigenvalue weighted by Gasteiger charge is -2.15. The van der Waals surface area contributed by atoms with Gasteiger partial charge >= 0.3 is 5.97 Å². The van der Waals surface area contributed by atoms with Crippen LogP contribution >= 0.6 is 0 Å². The molecule has 0 spiro atoms. The summed E-state index contributed by atoms with van der Waals surface area (Å²) >= 11 is 0. The molecule has 0 N–H and O–H groups in total. The lowest BCUT2D eigenvalue weighted by atomic mass is 9.96. The third kappa shape index (κ3) is 3.56. The SMILES string of the molecule is Cc1ccc(C)c(C(=O)COC(=O)C2C=CCCC2)c1. The minimum absolute atomic E-state index is 0.140. The van der Waals surface area contributed by atoms with E-state index in [9.17, 15) is 9.59 Å². The molecule has 20 heavy (non-hydrogen) atoms. The molecule has 0 bridgehead atoms. The molecule has 0 saturated carbocycles. The maximum atomic E-state index is 12.1. The van der Waals surface area contributed by atoms with Gasteiger partial charge in [-0.15, -0.1) is 0 Å². The van der Waals surface area contributed by atoms with Crippen molar-refractivity contribution in [3.63, 3.8) is 0 Å². The first kappa shape index (κ1) is 14.5. The summed E-state index contributed by atoms with van der Waals surface area (Å²) in [6.45, 7) is 3.65. The third-order valence-electron chi connectivity index (χ3n) is 3.60. The van der Waals surface area contributed by atoms with Crippen molar-refractivity contribution in [2.24, 2.45) is 5.92 Å². The van der Waals surface area contributed by atoms with Crippen molar-refractivity contribution >= 4 is 11.8 Å². The monoisotopic (exact) mass is 272 g/mol. The first-order valence-electron chi connectivity index (χ1n) is 7.01. The largest absolute Gasteiger partial charge is 0.457 e. The normalized spacial score (nSPS) is 17.8. The fourth-order valence-corrected chi connectivity index (χ4v) is 2.37. The van der Waals surface area contributed by atoms with Gasteiger partial charge in [-0.25, -0.2) is 0 Å². The van der Waals surface area contributed by atoms with Gasteiger partial charge in [-0.2, -0.15) is 0 Å². The van der Waals surface area contributed by atoms with Gasteiger partial charge in [0.25, 0.3) is 0 Å². The molecule has 1 aliphatic carbocycles. The van der Waals surface area contributed by atoms with E-state index in [1.807, 2.05) is 44.2 Å². The summed E-state index contributed by atoms with van der Waals surface area (Å²) in [5.41, 5.74) is 2.58. The number of ketones is 1. The van der Waals surface area contributed by atoms with Gasteiger partial charge in [0.15, 0.2) is 6.61 Å². The molecule has 0 aliphatic heterocycles. The molecule has 1 aliphatic rings. The summed E-state index contributed by atoms with van der Waals surface area (Å²) < 4.78 is 5.15. The van der Waals surface area contributed by atoms with E-state index in [0.717, 1.165) is 30.4 Å². The van der Waals surface area contributed by atoms with E-state index in [1.165, 1.54) is 0 Å². The molecule has 0 aromatic heterocycles. The zero-order chi connectivity index (χ0) is 14.5. The zero-order valence-corrected chi connectivity index (χ0v) is 12.0. The molecule has 2 rings (SSSR count). The Morgan fingerprint density at radius 3 is 2.80 bits per heavy atom. The molecule has 1 atom stereocenters. The van der Waals surface area contributed by atoms with E-state index in [4.69, 9.17) is 4.74 Å². The minimum Gasteiger partial charge on any atom is -0.457 e. The Hall–Kier alpha value is -1.90. The summed E-state index contributed by atoms with van der Waals surface area (Å²) in [7, 11) is 0. The highest BCUT2D eigenvalue weighted by molar-refractivity contribution is 5.99. The number of allylic oxidation sites excluding steroid dienone is 1. The molecule has 0 saturated heterocycles. The number of hydrogen-bond acceptors (Lipinski definition) is 3. The molecular formula is C17H20O3. The number of carbonyl (C=O) groups is 2. The van der Waals surface area contributed by atoms with Gasteiger partial charge in [0.1, 0.15) is 0 Å². The topological polar surface area (TPSA) is 43.4 Å². The van der Waals surface area contributed by atoms with E-state index in [2.05, 4.69) is 0 Å². The summed E-state index contributed by atoms with van der Waals surface area (Å²) in [6, 6.07) is 5.71. The van der Waals surface area contributed by atoms with Crippen LogP contribution in [-0.2, 0) is 9.53 Å². The second-order valence-electron chi connectivity index (χ2n) is 5.31. The predicted octanol–water partition coefficient (Wildman–Crippen LogP) is 3.39. The minimum atomic E-state index is -0.292. The number of esters is 1. The standard InChI is InChI=1S/C17H20O3/c1-12-8-9-13(2)15(10-12)16(18)11-20-17(19)14-6-4-3-5-7-14/h4,6,8-10,14H,3,5,7,11H2,1-2H3. The molecule has 0 radical (unpaired) electrons. The molecule has 106 valence electrons. The average Bonchev–Trinajstić information content (AvgIpc) is 2.47. The number of ether oxygens (including phenoxy) is 1. The fourth-order valence-electron chi connectivity index (χ4n) is 2.37. The van der Waals surface area contributed by atoms with Crippen molar-refractivity contribution in [3.05, 3.63) is 47.0 Å². The van der Waals surface area contributed by atoms with Crippen LogP contribution in [0, 0.1) is 19.8 Å². The number of hydrogen-bond donors (Lipinski definition) is 0. The van der Waals surface area contributed by atoms with Crippen molar-refractivity contribution in [1.82, 2.24) is 0 Å². The van der Waals surface area contributed by atoms with E-state index in [-0.39, 0.29) is 24.3 Å². The molecule has 3 nitrogen and oxygen atoms in total. The lowest BCUT2D eigenvalue weighted by molar-refractivity contribution is -0.146. The van der Waals surface area contributed by atoms with Crippen molar-refractivity contribution in [2.45, 2.75) is 33.1 Å². The van der Waals surface area contributed by atoms with E-state index in [1.54, 1.807) is 0 Å². The van der Waals surface area contributed by atoms with E-state index >= 15 is 0 Å². The third-order valence-corrected chi connectivity index (χ3v) is 3.60. The smallest absolute Gasteiger partial charge is 0.313 e. The molecule has 0 fully saturated rings. The van der Waals surface area contributed by atoms with E-state index < -0.39 is 0 Å². The maximum absolute atomic E-state index is 12.1. The van der Waals surface area contributed by atoms with Crippen LogP contribution in [0.3, 0.4) is 0 Å². The Labute approximate surface area is 119 Å². The Morgan fingerprint density at radius 1 is 1.30 bits per heavy atom. The molecular weight excluding hydrogens is 252 g/mol. The van der Waals surface area contributed by atoms with Gasteiger partial charge in [0.2, 0.25) is 5.78 Å². The number of carbonyl (C=O) groups excluding carboxylic acids is 2. The van der Waals surface area contributed by atoms with Crippen LogP contribution in [0.2, 0.25) is 0 Å². The van der Waals surface area contributed by atoms with Crippen LogP contribution in [0.4, 0.5) is 0 Å². The molecule has 0 amide bonds. The van der Waals surface area contributed by atoms with Gasteiger partial charge in [0.05, 0.1) is 5.92 Å². The Morgan fingerprint density at radius 2 is 2.10 bits per heavy atom. The molecule has 1 aromatic rings. The van der Waals surface area contributed by atoms with Crippen molar-refractivity contribution < 1.29 is 14.3 Å². The summed E-state index contributed by atoms with van der Waals surface area (Å²) in [5, 5.41) is 0. The first-order valence-corrected chi connectivity index (χ1v) is 7.01. The second-order valence-corrected chi connectivity index (χ2v) is 5.31. The van der Waals surface area contributed by atoms with Gasteiger partial charge in [-0.05, 0) is 44.7 Å². The Bertz CT molecular complexity index is 543. The van der Waals surface area contributed by atoms with Crippen LogP contribution in [0.1, 0.15) is 40.7 Å². The quantitative estimate of drug-likeness (QED) is 0.479. The van der Waals surface area contributed by atoms with Gasteiger partial charge < -0.3 is 4.74 Å². The summed E-state index contributed by atoms with van der Waals surface area (Å²) in [6.07, 6.45) is 6.72. The van der Waals surface area contributed by atoms with Gasteiger partial charge in [-0.3, -0.25) is 9.59 Å². The molecule has 3 heteroatoms. The lowest BCUT2D eigenvalue weighted by Crippen LogP contribution is -2.21. The van der Waals surface area contributed by atoms with Crippen LogP contribution in [0.15, 0.2) is 30.4 Å². The number of rotatable bonds is 4. The van der Waals surface area contributed by atoms with Crippen molar-refractivity contribution in [1.29, 1.82) is 0 Å². The van der Waals surface area contributed by atoms with Crippen LogP contribution in [0.25, 0.3) is 0 Å². The van der Waals surface area contributed by atoms with E-state index in [0.29, 0.717) is 5.56 Å². The fraction of sp³-hybridized carbons (Fsp3) is 0.412. The number of benzene rings is 1. The van der Waals surface area contributed by atoms with Crippen molar-refractivity contribution in [3.8, 4) is 0 Å². The molecule has 0 heterocycles. The summed E-state index contributed by atoms with van der Waals surface area (Å²) in [5.74, 6) is -0.617. The number of Topliss-reactive ketones (excluding diaryl/α,β-unsaturated/α-hetero) is 1. The number of aryl methyl sites for hydroxylation is 2. The highest BCUT2D eigenvalue weighted by atomic mass is 16.5. The Balaban J connectivity index is 1.95. The first-order chi connectivity index (χ1) is 9.58. The van der Waals surface area contributed by atoms with Gasteiger partial charge in [0, 0.05) is 5.56 Å². The Kier molecular flexibility index (Phi) is 4.72. The second kappa shape index (κ2) is 6.51. The highest BCUT2D eigenvalue weighted by Crippen LogP contribution is 2.18. The zero-order valence-electron chi connectivity index (χ0n) is 12.0. The summed E-state index contributed by atoms with van der Waals surface area (Å²) in [4.78, 5) is 24.0. The molecule has 1 aromatic carbocycles. The average molecular weight is 272 g/mol. The predicted molar refractivity (Wildman–Crippen MR) is 77.7 cm³/mol. The van der Waals surface area contributed by atoms with Gasteiger partial charge in [-0.1, -0.05) is 29.8 Å². The van der Waals surface area contributed by atoms with Crippen LogP contribution in [-0.4, -0.2) is 18.4 Å². The molecule has 1 unspecified atom stereocenters. The highest BCUT2D eigenvalue weighted by Gasteiger charge is 2.20. The maximum Gasteiger partial charge on any atom is 0.313 e. The van der Waals surface area contributed by atoms with Crippen molar-refractivity contribution in [2.75, 3.05) is 6.61 Å².